The Morgan fingerprint density at radius 3 is 2.12 bits per heavy atom. The lowest BCUT2D eigenvalue weighted by molar-refractivity contribution is -0.0790. The maximum atomic E-state index is 13.9. The molecule has 142 valence electrons. The van der Waals surface area contributed by atoms with Crippen molar-refractivity contribution >= 4 is 6.08 Å². The maximum Gasteiger partial charge on any atom is 0.409 e. The quantitative estimate of drug-likeness (QED) is 0.373. The van der Waals surface area contributed by atoms with E-state index in [1.165, 1.54) is 0 Å². The molecule has 0 saturated heterocycles. The first-order valence-corrected chi connectivity index (χ1v) is 8.81. The molecule has 2 rings (SSSR count). The molecule has 5 heteroatoms. The highest BCUT2D eigenvalue weighted by molar-refractivity contribution is 5.52. The van der Waals surface area contributed by atoms with Gasteiger partial charge in [0.25, 0.3) is 0 Å². The summed E-state index contributed by atoms with van der Waals surface area (Å²) in [6.07, 6.45) is 7.44. The summed E-state index contributed by atoms with van der Waals surface area (Å²) in [5.74, 6) is -0.815. The predicted molar refractivity (Wildman–Crippen MR) is 94.6 cm³/mol. The Balaban J connectivity index is 1.89. The van der Waals surface area contributed by atoms with Gasteiger partial charge < -0.3 is 0 Å². The summed E-state index contributed by atoms with van der Waals surface area (Å²) in [6, 6.07) is 2.20. The molecule has 0 heterocycles. The standard InChI is InChI=1S/C21H23F5/c1-2-15-7-9-16(10-8-15)5-3-4-6-17-13-19(22)18(20(23)14-17)11-12-21(24,25)26/h2-3,5,11-16H,1,4,6-10H2/b5-3+,12-11+. The van der Waals surface area contributed by atoms with E-state index in [0.29, 0.717) is 36.3 Å². The number of hydrogen-bond donors (Lipinski definition) is 0. The second kappa shape index (κ2) is 9.15. The lowest BCUT2D eigenvalue weighted by Crippen LogP contribution is -2.10. The number of benzene rings is 1. The van der Waals surface area contributed by atoms with Gasteiger partial charge in [-0.3, -0.25) is 0 Å². The first-order valence-electron chi connectivity index (χ1n) is 8.81. The van der Waals surface area contributed by atoms with E-state index in [2.05, 4.69) is 12.7 Å². The third-order valence-electron chi connectivity index (χ3n) is 4.74. The van der Waals surface area contributed by atoms with Crippen molar-refractivity contribution in [3.05, 3.63) is 65.8 Å². The van der Waals surface area contributed by atoms with Crippen LogP contribution >= 0.6 is 0 Å². The fourth-order valence-corrected chi connectivity index (χ4v) is 3.23. The maximum absolute atomic E-state index is 13.9. The van der Waals surface area contributed by atoms with Gasteiger partial charge in [-0.25, -0.2) is 8.78 Å². The van der Waals surface area contributed by atoms with Crippen molar-refractivity contribution < 1.29 is 22.0 Å². The number of halogens is 5. The normalized spacial score (nSPS) is 21.6. The van der Waals surface area contributed by atoms with Gasteiger partial charge in [0.2, 0.25) is 0 Å². The van der Waals surface area contributed by atoms with Crippen molar-refractivity contribution in [2.75, 3.05) is 0 Å². The van der Waals surface area contributed by atoms with E-state index < -0.39 is 23.4 Å². The van der Waals surface area contributed by atoms with Crippen LogP contribution < -0.4 is 0 Å². The average molecular weight is 370 g/mol. The van der Waals surface area contributed by atoms with Crippen LogP contribution in [-0.2, 0) is 6.42 Å². The molecule has 0 bridgehead atoms. The van der Waals surface area contributed by atoms with Gasteiger partial charge in [0.05, 0.1) is 0 Å². The summed E-state index contributed by atoms with van der Waals surface area (Å²) in [5.41, 5.74) is -0.232. The third-order valence-corrected chi connectivity index (χ3v) is 4.74. The number of rotatable bonds is 6. The van der Waals surface area contributed by atoms with Crippen molar-refractivity contribution in [2.24, 2.45) is 11.8 Å². The fourth-order valence-electron chi connectivity index (χ4n) is 3.23. The van der Waals surface area contributed by atoms with Gasteiger partial charge >= 0.3 is 6.18 Å². The minimum Gasteiger partial charge on any atom is -0.206 e. The number of alkyl halides is 3. The zero-order valence-corrected chi connectivity index (χ0v) is 14.5. The first-order chi connectivity index (χ1) is 12.3. The Hall–Kier alpha value is -1.91. The molecule has 1 aliphatic carbocycles. The Morgan fingerprint density at radius 1 is 1.00 bits per heavy atom. The molecule has 0 N–H and O–H groups in total. The van der Waals surface area contributed by atoms with Gasteiger partial charge in [-0.05, 0) is 74.1 Å². The van der Waals surface area contributed by atoms with Gasteiger partial charge in [0.15, 0.2) is 0 Å². The van der Waals surface area contributed by atoms with Crippen molar-refractivity contribution in [2.45, 2.75) is 44.7 Å². The van der Waals surface area contributed by atoms with Crippen molar-refractivity contribution in [3.63, 3.8) is 0 Å². The van der Waals surface area contributed by atoms with Gasteiger partial charge in [0, 0.05) is 11.6 Å². The summed E-state index contributed by atoms with van der Waals surface area (Å²) in [7, 11) is 0. The molecule has 0 spiro atoms. The summed E-state index contributed by atoms with van der Waals surface area (Å²) in [4.78, 5) is 0. The van der Waals surface area contributed by atoms with Crippen molar-refractivity contribution in [1.82, 2.24) is 0 Å². The topological polar surface area (TPSA) is 0 Å². The highest BCUT2D eigenvalue weighted by Gasteiger charge is 2.23. The van der Waals surface area contributed by atoms with E-state index in [0.717, 1.165) is 37.8 Å². The zero-order chi connectivity index (χ0) is 19.2. The van der Waals surface area contributed by atoms with Crippen molar-refractivity contribution in [3.8, 4) is 0 Å². The number of aryl methyl sites for hydroxylation is 1. The van der Waals surface area contributed by atoms with Crippen LogP contribution in [-0.4, -0.2) is 6.18 Å². The Kier molecular flexibility index (Phi) is 7.18. The van der Waals surface area contributed by atoms with E-state index in [1.54, 1.807) is 0 Å². The molecule has 1 aliphatic rings. The van der Waals surface area contributed by atoms with E-state index in [9.17, 15) is 22.0 Å². The highest BCUT2D eigenvalue weighted by Crippen LogP contribution is 2.30. The second-order valence-electron chi connectivity index (χ2n) is 6.73. The molecule has 0 radical (unpaired) electrons. The minimum atomic E-state index is -4.60. The fraction of sp³-hybridized carbons (Fsp3) is 0.429. The van der Waals surface area contributed by atoms with Gasteiger partial charge in [-0.15, -0.1) is 6.58 Å². The molecular weight excluding hydrogens is 347 g/mol. The molecule has 1 aromatic rings. The molecule has 0 atom stereocenters. The lowest BCUT2D eigenvalue weighted by atomic mass is 9.82. The van der Waals surface area contributed by atoms with E-state index in [4.69, 9.17) is 0 Å². The molecule has 1 saturated carbocycles. The van der Waals surface area contributed by atoms with Crippen LogP contribution in [0.1, 0.15) is 43.2 Å². The minimum absolute atomic E-state index is 0.169. The Labute approximate surface area is 151 Å². The van der Waals surface area contributed by atoms with E-state index >= 15 is 0 Å². The van der Waals surface area contributed by atoms with Crippen LogP contribution in [0.3, 0.4) is 0 Å². The van der Waals surface area contributed by atoms with E-state index in [-0.39, 0.29) is 6.08 Å². The molecule has 1 aromatic carbocycles. The van der Waals surface area contributed by atoms with Crippen LogP contribution in [0.4, 0.5) is 22.0 Å². The highest BCUT2D eigenvalue weighted by atomic mass is 19.4. The Bertz CT molecular complexity index is 638. The lowest BCUT2D eigenvalue weighted by Gasteiger charge is -2.24. The molecule has 1 fully saturated rings. The molecule has 26 heavy (non-hydrogen) atoms. The largest absolute Gasteiger partial charge is 0.409 e. The summed E-state index contributed by atoms with van der Waals surface area (Å²) < 4.78 is 64.2. The molecule has 0 aromatic heterocycles. The first kappa shape index (κ1) is 20.4. The SMILES string of the molecule is C=CC1CCC(/C=C/CCc2cc(F)c(/C=C/C(F)(F)F)c(F)c2)CC1. The van der Waals surface area contributed by atoms with Gasteiger partial charge in [-0.2, -0.15) is 13.2 Å². The number of allylic oxidation sites excluding steroid dienone is 4. The predicted octanol–water partition coefficient (Wildman–Crippen LogP) is 7.02. The van der Waals surface area contributed by atoms with E-state index in [1.807, 2.05) is 12.2 Å². The van der Waals surface area contributed by atoms with Crippen LogP contribution in [0.2, 0.25) is 0 Å². The van der Waals surface area contributed by atoms with Crippen LogP contribution in [0.15, 0.2) is 43.0 Å². The molecule has 0 amide bonds. The second-order valence-corrected chi connectivity index (χ2v) is 6.73. The summed E-state index contributed by atoms with van der Waals surface area (Å²) in [5, 5.41) is 0. The molecular formula is C21H23F5. The molecule has 0 aliphatic heterocycles. The van der Waals surface area contributed by atoms with Crippen LogP contribution in [0.25, 0.3) is 6.08 Å². The average Bonchev–Trinajstić information content (AvgIpc) is 2.57. The zero-order valence-electron chi connectivity index (χ0n) is 14.5. The Morgan fingerprint density at radius 2 is 1.58 bits per heavy atom. The van der Waals surface area contributed by atoms with Crippen LogP contribution in [0.5, 0.6) is 0 Å². The van der Waals surface area contributed by atoms with Crippen molar-refractivity contribution in [1.29, 1.82) is 0 Å². The monoisotopic (exact) mass is 370 g/mol. The molecule has 0 unspecified atom stereocenters. The van der Waals surface area contributed by atoms with Crippen LogP contribution in [0, 0.1) is 23.5 Å². The van der Waals surface area contributed by atoms with Gasteiger partial charge in [-0.1, -0.05) is 18.2 Å². The summed E-state index contributed by atoms with van der Waals surface area (Å²) >= 11 is 0. The van der Waals surface area contributed by atoms with Gasteiger partial charge in [0.1, 0.15) is 11.6 Å². The summed E-state index contributed by atoms with van der Waals surface area (Å²) in [6.45, 7) is 3.82. The molecule has 0 nitrogen and oxygen atoms in total. The third kappa shape index (κ3) is 6.43. The smallest absolute Gasteiger partial charge is 0.206 e. The number of hydrogen-bond acceptors (Lipinski definition) is 0.